The second-order valence-corrected chi connectivity index (χ2v) is 5.25. The smallest absolute Gasteiger partial charge is 0.251 e. The molecule has 2 fully saturated rings. The van der Waals surface area contributed by atoms with Crippen LogP contribution in [-0.2, 0) is 9.53 Å². The van der Waals surface area contributed by atoms with Crippen molar-refractivity contribution in [1.82, 2.24) is 10.2 Å². The molecule has 0 spiro atoms. The first kappa shape index (κ1) is 12.2. The van der Waals surface area contributed by atoms with Crippen LogP contribution in [0.1, 0.15) is 42.9 Å². The Bertz CT molecular complexity index is 523. The first-order valence-corrected chi connectivity index (χ1v) is 6.64. The summed E-state index contributed by atoms with van der Waals surface area (Å²) in [6.45, 7) is 0.666. The maximum Gasteiger partial charge on any atom is 0.251 e. The van der Waals surface area contributed by atoms with Crippen molar-refractivity contribution in [3.63, 3.8) is 0 Å². The maximum absolute atomic E-state index is 11.7. The van der Waals surface area contributed by atoms with Crippen LogP contribution in [-0.4, -0.2) is 29.3 Å². The van der Waals surface area contributed by atoms with Crippen LogP contribution < -0.4 is 5.32 Å². The summed E-state index contributed by atoms with van der Waals surface area (Å²) < 4.78 is 5.30. The highest BCUT2D eigenvalue weighted by Crippen LogP contribution is 2.41. The minimum Gasteiger partial charge on any atom is -0.371 e. The Morgan fingerprint density at radius 3 is 2.89 bits per heavy atom. The Kier molecular flexibility index (Phi) is 3.22. The van der Waals surface area contributed by atoms with Crippen LogP contribution in [0.2, 0.25) is 0 Å². The second kappa shape index (κ2) is 5.02. The van der Waals surface area contributed by atoms with Gasteiger partial charge in [-0.2, -0.15) is 10.4 Å². The van der Waals surface area contributed by atoms with Crippen molar-refractivity contribution >= 4 is 11.7 Å². The summed E-state index contributed by atoms with van der Waals surface area (Å²) in [4.78, 5) is 11.7. The molecule has 1 aromatic heterocycles. The van der Waals surface area contributed by atoms with Crippen molar-refractivity contribution in [1.29, 1.82) is 5.26 Å². The van der Waals surface area contributed by atoms with Crippen molar-refractivity contribution in [3.05, 3.63) is 11.3 Å². The third-order valence-corrected chi connectivity index (χ3v) is 3.43. The van der Waals surface area contributed by atoms with Gasteiger partial charge in [-0.15, -0.1) is 0 Å². The molecular formula is C13H16N4O2. The van der Waals surface area contributed by atoms with Crippen molar-refractivity contribution in [2.45, 2.75) is 31.6 Å². The molecule has 1 amide bonds. The molecule has 0 radical (unpaired) electrons. The van der Waals surface area contributed by atoms with Gasteiger partial charge >= 0.3 is 0 Å². The Hall–Kier alpha value is -1.87. The van der Waals surface area contributed by atoms with E-state index < -0.39 is 0 Å². The quantitative estimate of drug-likeness (QED) is 0.811. The Labute approximate surface area is 111 Å². The first-order chi connectivity index (χ1) is 9.28. The lowest BCUT2D eigenvalue weighted by Crippen LogP contribution is -2.19. The van der Waals surface area contributed by atoms with E-state index in [-0.39, 0.29) is 12.5 Å². The number of rotatable bonds is 6. The molecular weight excluding hydrogens is 244 g/mol. The molecule has 0 saturated heterocycles. The largest absolute Gasteiger partial charge is 0.371 e. The molecule has 3 rings (SSSR count). The Morgan fingerprint density at radius 2 is 2.26 bits per heavy atom. The van der Waals surface area contributed by atoms with Gasteiger partial charge in [0.25, 0.3) is 5.91 Å². The number of nitrogens with zero attached hydrogens (tertiary/aromatic N) is 2. The molecule has 6 heteroatoms. The first-order valence-electron chi connectivity index (χ1n) is 6.64. The highest BCUT2D eigenvalue weighted by atomic mass is 16.5. The summed E-state index contributed by atoms with van der Waals surface area (Å²) in [6.07, 6.45) is 4.55. The van der Waals surface area contributed by atoms with E-state index in [2.05, 4.69) is 21.6 Å². The topological polar surface area (TPSA) is 90.8 Å². The number of carbonyl (C=O) groups excluding carboxylic acids is 1. The van der Waals surface area contributed by atoms with Crippen molar-refractivity contribution in [3.8, 4) is 6.07 Å². The van der Waals surface area contributed by atoms with E-state index >= 15 is 0 Å². The molecule has 0 aromatic carbocycles. The molecule has 19 heavy (non-hydrogen) atoms. The third kappa shape index (κ3) is 2.93. The maximum atomic E-state index is 11.7. The summed E-state index contributed by atoms with van der Waals surface area (Å²) >= 11 is 0. The molecule has 0 atom stereocenters. The van der Waals surface area contributed by atoms with Crippen molar-refractivity contribution < 1.29 is 9.53 Å². The molecule has 1 aromatic rings. The Balaban J connectivity index is 1.56. The van der Waals surface area contributed by atoms with Gasteiger partial charge in [0.15, 0.2) is 5.82 Å². The normalized spacial score (nSPS) is 18.1. The van der Waals surface area contributed by atoms with Crippen LogP contribution in [0.4, 0.5) is 5.82 Å². The molecule has 0 unspecified atom stereocenters. The predicted molar refractivity (Wildman–Crippen MR) is 67.5 cm³/mol. The number of nitriles is 1. The fourth-order valence-electron chi connectivity index (χ4n) is 2.00. The van der Waals surface area contributed by atoms with Crippen molar-refractivity contribution in [2.24, 2.45) is 5.92 Å². The minimum absolute atomic E-state index is 0.0208. The molecule has 6 nitrogen and oxygen atoms in total. The van der Waals surface area contributed by atoms with Crippen LogP contribution in [0.3, 0.4) is 0 Å². The SMILES string of the molecule is N#Cc1c(NC(=O)COCC2CC2)n[nH]c1C1CC1. The number of aromatic amines is 1. The molecule has 1 heterocycles. The van der Waals surface area contributed by atoms with E-state index in [1.54, 1.807) is 0 Å². The van der Waals surface area contributed by atoms with Crippen LogP contribution in [0.15, 0.2) is 0 Å². The number of aromatic nitrogens is 2. The fourth-order valence-corrected chi connectivity index (χ4v) is 2.00. The number of H-pyrrole nitrogens is 1. The number of amides is 1. The zero-order valence-corrected chi connectivity index (χ0v) is 10.6. The fraction of sp³-hybridized carbons (Fsp3) is 0.615. The number of carbonyl (C=O) groups is 1. The highest BCUT2D eigenvalue weighted by Gasteiger charge is 2.30. The van der Waals surface area contributed by atoms with E-state index in [0.29, 0.717) is 29.8 Å². The molecule has 0 bridgehead atoms. The van der Waals surface area contributed by atoms with Gasteiger partial charge in [0.2, 0.25) is 0 Å². The lowest BCUT2D eigenvalue weighted by Gasteiger charge is -2.03. The lowest BCUT2D eigenvalue weighted by atomic mass is 10.2. The van der Waals surface area contributed by atoms with Gasteiger partial charge < -0.3 is 10.1 Å². The van der Waals surface area contributed by atoms with Gasteiger partial charge in [0, 0.05) is 5.92 Å². The predicted octanol–water partition coefficient (Wildman–Crippen LogP) is 1.52. The summed E-state index contributed by atoms with van der Waals surface area (Å²) in [5, 5.41) is 18.6. The van der Waals surface area contributed by atoms with Gasteiger partial charge in [0.05, 0.1) is 12.3 Å². The summed E-state index contributed by atoms with van der Waals surface area (Å²) in [6, 6.07) is 2.11. The third-order valence-electron chi connectivity index (χ3n) is 3.43. The molecule has 100 valence electrons. The second-order valence-electron chi connectivity index (χ2n) is 5.25. The van der Waals surface area contributed by atoms with E-state index in [1.807, 2.05) is 0 Å². The summed E-state index contributed by atoms with van der Waals surface area (Å²) in [7, 11) is 0. The van der Waals surface area contributed by atoms with Gasteiger partial charge in [-0.1, -0.05) is 0 Å². The zero-order valence-electron chi connectivity index (χ0n) is 10.6. The average molecular weight is 260 g/mol. The van der Waals surface area contributed by atoms with Gasteiger partial charge in [-0.25, -0.2) is 0 Å². The number of ether oxygens (including phenoxy) is 1. The van der Waals surface area contributed by atoms with Crippen LogP contribution in [0, 0.1) is 17.2 Å². The average Bonchev–Trinajstić information content (AvgIpc) is 3.29. The van der Waals surface area contributed by atoms with Crippen LogP contribution >= 0.6 is 0 Å². The molecule has 0 aliphatic heterocycles. The molecule has 2 aliphatic carbocycles. The van der Waals surface area contributed by atoms with E-state index in [1.165, 1.54) is 12.8 Å². The summed E-state index contributed by atoms with van der Waals surface area (Å²) in [5.74, 6) is 1.10. The number of nitrogens with one attached hydrogen (secondary N) is 2. The Morgan fingerprint density at radius 1 is 1.47 bits per heavy atom. The number of hydrogen-bond acceptors (Lipinski definition) is 4. The van der Waals surface area contributed by atoms with Gasteiger partial charge in [0.1, 0.15) is 18.2 Å². The highest BCUT2D eigenvalue weighted by molar-refractivity contribution is 5.92. The van der Waals surface area contributed by atoms with E-state index in [0.717, 1.165) is 18.5 Å². The minimum atomic E-state index is -0.258. The van der Waals surface area contributed by atoms with Gasteiger partial charge in [-0.05, 0) is 31.6 Å². The monoisotopic (exact) mass is 260 g/mol. The van der Waals surface area contributed by atoms with Crippen LogP contribution in [0.5, 0.6) is 0 Å². The van der Waals surface area contributed by atoms with Crippen LogP contribution in [0.25, 0.3) is 0 Å². The standard InChI is InChI=1S/C13H16N4O2/c14-5-10-12(9-3-4-9)16-17-13(10)15-11(18)7-19-6-8-1-2-8/h8-9H,1-4,6-7H2,(H2,15,16,17,18). The molecule has 2 N–H and O–H groups in total. The number of hydrogen-bond donors (Lipinski definition) is 2. The van der Waals surface area contributed by atoms with E-state index in [9.17, 15) is 4.79 Å². The van der Waals surface area contributed by atoms with Crippen molar-refractivity contribution in [2.75, 3.05) is 18.5 Å². The summed E-state index contributed by atoms with van der Waals surface area (Å²) in [5.41, 5.74) is 1.30. The molecule has 2 aliphatic rings. The molecule has 2 saturated carbocycles. The lowest BCUT2D eigenvalue weighted by molar-refractivity contribution is -0.120. The van der Waals surface area contributed by atoms with E-state index in [4.69, 9.17) is 10.00 Å². The zero-order chi connectivity index (χ0) is 13.2. The van der Waals surface area contributed by atoms with Gasteiger partial charge in [-0.3, -0.25) is 9.89 Å². The number of anilines is 1.